The van der Waals surface area contributed by atoms with Crippen LogP contribution in [-0.4, -0.2) is 22.9 Å². The Hall–Kier alpha value is -2.49. The fraction of sp³-hybridized carbons (Fsp3) is 0.133. The number of hydrogen-bond acceptors (Lipinski definition) is 4. The van der Waals surface area contributed by atoms with Gasteiger partial charge in [-0.1, -0.05) is 12.1 Å². The summed E-state index contributed by atoms with van der Waals surface area (Å²) in [4.78, 5) is 20.1. The summed E-state index contributed by atoms with van der Waals surface area (Å²) in [5, 5.41) is 0. The maximum absolute atomic E-state index is 11.1. The molecular weight excluding hydrogens is 240 g/mol. The lowest BCUT2D eigenvalue weighted by atomic mass is 10.1. The van der Waals surface area contributed by atoms with Gasteiger partial charge in [0.25, 0.3) is 0 Å². The van der Waals surface area contributed by atoms with Crippen molar-refractivity contribution < 1.29 is 9.53 Å². The predicted octanol–water partition coefficient (Wildman–Crippen LogP) is 2.99. The fourth-order valence-electron chi connectivity index (χ4n) is 2.08. The van der Waals surface area contributed by atoms with Gasteiger partial charge in [0, 0.05) is 5.56 Å². The Morgan fingerprint density at radius 1 is 1.05 bits per heavy atom. The monoisotopic (exact) mass is 252 g/mol. The lowest BCUT2D eigenvalue weighted by Crippen LogP contribution is -1.96. The molecule has 4 nitrogen and oxygen atoms in total. The third kappa shape index (κ3) is 1.91. The van der Waals surface area contributed by atoms with Gasteiger partial charge >= 0.3 is 0 Å². The topological polar surface area (TPSA) is 52.1 Å². The zero-order valence-corrected chi connectivity index (χ0v) is 10.5. The number of nitrogens with zero attached hydrogens (tertiary/aromatic N) is 2. The Morgan fingerprint density at radius 2 is 1.79 bits per heavy atom. The van der Waals surface area contributed by atoms with Gasteiger partial charge in [-0.25, -0.2) is 9.97 Å². The zero-order chi connectivity index (χ0) is 13.2. The van der Waals surface area contributed by atoms with Crippen molar-refractivity contribution in [1.29, 1.82) is 0 Å². The molecule has 0 fully saturated rings. The van der Waals surface area contributed by atoms with E-state index in [4.69, 9.17) is 4.74 Å². The number of fused-ring (bicyclic) bond motifs is 2. The molecule has 0 saturated heterocycles. The summed E-state index contributed by atoms with van der Waals surface area (Å²) in [6.45, 7) is 2.48. The Labute approximate surface area is 110 Å². The van der Waals surface area contributed by atoms with E-state index in [9.17, 15) is 4.79 Å². The second kappa shape index (κ2) is 4.65. The molecule has 0 unspecified atom stereocenters. The molecule has 0 spiro atoms. The lowest BCUT2D eigenvalue weighted by Gasteiger charge is -2.07. The van der Waals surface area contributed by atoms with E-state index in [-0.39, 0.29) is 0 Å². The number of para-hydroxylation sites is 2. The van der Waals surface area contributed by atoms with Gasteiger partial charge in [-0.15, -0.1) is 0 Å². The molecule has 0 radical (unpaired) electrons. The minimum atomic E-state index is 0.540. The molecule has 2 aromatic carbocycles. The number of rotatable bonds is 3. The Balaban J connectivity index is 2.39. The van der Waals surface area contributed by atoms with Gasteiger partial charge in [0.15, 0.2) is 6.29 Å². The maximum atomic E-state index is 11.1. The summed E-state index contributed by atoms with van der Waals surface area (Å²) >= 11 is 0. The molecule has 0 atom stereocenters. The van der Waals surface area contributed by atoms with Crippen LogP contribution in [0.2, 0.25) is 0 Å². The van der Waals surface area contributed by atoms with Crippen molar-refractivity contribution >= 4 is 28.4 Å². The third-order valence-electron chi connectivity index (χ3n) is 2.91. The molecule has 94 valence electrons. The van der Waals surface area contributed by atoms with E-state index < -0.39 is 0 Å². The quantitative estimate of drug-likeness (QED) is 0.531. The van der Waals surface area contributed by atoms with E-state index in [1.54, 1.807) is 12.1 Å². The number of ether oxygens (including phenoxy) is 1. The molecule has 4 heteroatoms. The summed E-state index contributed by atoms with van der Waals surface area (Å²) in [7, 11) is 0. The Bertz CT molecular complexity index is 769. The third-order valence-corrected chi connectivity index (χ3v) is 2.91. The first-order valence-corrected chi connectivity index (χ1v) is 6.11. The van der Waals surface area contributed by atoms with Crippen LogP contribution in [0.15, 0.2) is 36.4 Å². The van der Waals surface area contributed by atoms with Crippen molar-refractivity contribution in [3.05, 3.63) is 42.0 Å². The van der Waals surface area contributed by atoms with Crippen LogP contribution in [0, 0.1) is 0 Å². The molecule has 3 aromatic rings. The van der Waals surface area contributed by atoms with Crippen LogP contribution >= 0.6 is 0 Å². The number of carbonyl (C=O) groups excluding carboxylic acids is 1. The number of carbonyl (C=O) groups is 1. The number of aldehydes is 1. The summed E-state index contributed by atoms with van der Waals surface area (Å²) in [5.74, 6) is 0.690. The van der Waals surface area contributed by atoms with Crippen molar-refractivity contribution in [2.75, 3.05) is 6.61 Å². The summed E-state index contributed by atoms with van der Waals surface area (Å²) in [6.07, 6.45) is 0.798. The highest BCUT2D eigenvalue weighted by atomic mass is 16.5. The lowest BCUT2D eigenvalue weighted by molar-refractivity contribution is 0.112. The highest BCUT2D eigenvalue weighted by Gasteiger charge is 2.09. The summed E-state index contributed by atoms with van der Waals surface area (Å²) in [5.41, 5.74) is 3.31. The number of benzene rings is 2. The van der Waals surface area contributed by atoms with Gasteiger partial charge < -0.3 is 4.74 Å². The van der Waals surface area contributed by atoms with E-state index >= 15 is 0 Å². The van der Waals surface area contributed by atoms with Crippen LogP contribution in [0.1, 0.15) is 17.3 Å². The second-order valence-corrected chi connectivity index (χ2v) is 4.11. The van der Waals surface area contributed by atoms with Gasteiger partial charge in [0.2, 0.25) is 0 Å². The second-order valence-electron chi connectivity index (χ2n) is 4.11. The van der Waals surface area contributed by atoms with E-state index in [1.165, 1.54) is 0 Å². The van der Waals surface area contributed by atoms with Crippen LogP contribution in [0.25, 0.3) is 22.1 Å². The van der Waals surface area contributed by atoms with Crippen molar-refractivity contribution in [2.45, 2.75) is 6.92 Å². The van der Waals surface area contributed by atoms with Gasteiger partial charge in [0.05, 0.1) is 17.6 Å². The van der Waals surface area contributed by atoms with Gasteiger partial charge in [-0.3, -0.25) is 4.79 Å². The van der Waals surface area contributed by atoms with E-state index in [0.717, 1.165) is 11.8 Å². The average Bonchev–Trinajstić information content (AvgIpc) is 2.45. The van der Waals surface area contributed by atoms with Crippen LogP contribution in [0.4, 0.5) is 0 Å². The molecule has 19 heavy (non-hydrogen) atoms. The average molecular weight is 252 g/mol. The van der Waals surface area contributed by atoms with Gasteiger partial charge in [0.1, 0.15) is 16.8 Å². The largest absolute Gasteiger partial charge is 0.492 e. The Morgan fingerprint density at radius 3 is 2.53 bits per heavy atom. The number of hydrogen-bond donors (Lipinski definition) is 0. The molecule has 0 saturated carbocycles. The van der Waals surface area contributed by atoms with Gasteiger partial charge in [-0.2, -0.15) is 0 Å². The molecule has 1 heterocycles. The van der Waals surface area contributed by atoms with Crippen molar-refractivity contribution in [2.24, 2.45) is 0 Å². The first-order valence-electron chi connectivity index (χ1n) is 6.11. The smallest absolute Gasteiger partial charge is 0.152 e. The molecule has 1 aromatic heterocycles. The van der Waals surface area contributed by atoms with Crippen LogP contribution in [0.5, 0.6) is 5.75 Å². The molecule has 0 aliphatic rings. The highest BCUT2D eigenvalue weighted by Crippen LogP contribution is 2.25. The Kier molecular flexibility index (Phi) is 2.83. The molecule has 3 rings (SSSR count). The minimum Gasteiger partial charge on any atom is -0.492 e. The molecule has 0 amide bonds. The summed E-state index contributed by atoms with van der Waals surface area (Å²) in [6, 6.07) is 11.0. The van der Waals surface area contributed by atoms with Gasteiger partial charge in [-0.05, 0) is 31.2 Å². The maximum Gasteiger partial charge on any atom is 0.152 e. The van der Waals surface area contributed by atoms with Crippen molar-refractivity contribution in [3.8, 4) is 5.75 Å². The van der Waals surface area contributed by atoms with Crippen molar-refractivity contribution in [1.82, 2.24) is 9.97 Å². The van der Waals surface area contributed by atoms with Crippen LogP contribution in [-0.2, 0) is 0 Å². The normalized spacial score (nSPS) is 10.8. The highest BCUT2D eigenvalue weighted by molar-refractivity contribution is 5.98. The minimum absolute atomic E-state index is 0.540. The standard InChI is InChI=1S/C15H12N2O2/c1-2-19-13-8-4-7-12-15(13)17-14-10(9-18)5-3-6-11(14)16-12/h3-9H,2H2,1H3. The van der Waals surface area contributed by atoms with Crippen LogP contribution in [0.3, 0.4) is 0 Å². The molecule has 0 aliphatic heterocycles. The fourth-order valence-corrected chi connectivity index (χ4v) is 2.08. The van der Waals surface area contributed by atoms with E-state index in [0.29, 0.717) is 34.5 Å². The molecule has 0 bridgehead atoms. The van der Waals surface area contributed by atoms with E-state index in [2.05, 4.69) is 9.97 Å². The van der Waals surface area contributed by atoms with Crippen LogP contribution < -0.4 is 4.74 Å². The van der Waals surface area contributed by atoms with Crippen molar-refractivity contribution in [3.63, 3.8) is 0 Å². The summed E-state index contributed by atoms with van der Waals surface area (Å²) < 4.78 is 5.55. The molecule has 0 aliphatic carbocycles. The van der Waals surface area contributed by atoms with E-state index in [1.807, 2.05) is 31.2 Å². The SMILES string of the molecule is CCOc1cccc2nc3cccc(C=O)c3nc12. The predicted molar refractivity (Wildman–Crippen MR) is 73.6 cm³/mol. The number of aromatic nitrogens is 2. The first-order chi connectivity index (χ1) is 9.33. The molecular formula is C15H12N2O2. The zero-order valence-electron chi connectivity index (χ0n) is 10.5. The molecule has 0 N–H and O–H groups in total. The first kappa shape index (κ1) is 11.6.